The van der Waals surface area contributed by atoms with E-state index >= 15 is 0 Å². The van der Waals surface area contributed by atoms with E-state index < -0.39 is 0 Å². The predicted octanol–water partition coefficient (Wildman–Crippen LogP) is 4.13. The summed E-state index contributed by atoms with van der Waals surface area (Å²) in [7, 11) is 0. The summed E-state index contributed by atoms with van der Waals surface area (Å²) in [6.07, 6.45) is 1.74. The second-order valence-corrected chi connectivity index (χ2v) is 7.45. The smallest absolute Gasteiger partial charge is 0.258 e. The van der Waals surface area contributed by atoms with Crippen molar-refractivity contribution in [2.45, 2.75) is 32.4 Å². The first-order valence-electron chi connectivity index (χ1n) is 10.5. The van der Waals surface area contributed by atoms with Crippen LogP contribution in [-0.2, 0) is 17.8 Å². The number of rotatable bonds is 10. The van der Waals surface area contributed by atoms with Crippen LogP contribution >= 0.6 is 0 Å². The van der Waals surface area contributed by atoms with Gasteiger partial charge in [-0.3, -0.25) is 9.59 Å². The zero-order valence-corrected chi connectivity index (χ0v) is 17.7. The van der Waals surface area contributed by atoms with Crippen LogP contribution in [0.3, 0.4) is 0 Å². The van der Waals surface area contributed by atoms with Gasteiger partial charge in [-0.25, -0.2) is 0 Å². The number of carbonyl (C=O) groups is 2. The van der Waals surface area contributed by atoms with Crippen LogP contribution < -0.4 is 15.4 Å². The van der Waals surface area contributed by atoms with E-state index in [0.717, 1.165) is 18.4 Å². The predicted molar refractivity (Wildman–Crippen MR) is 122 cm³/mol. The SMILES string of the molecule is C[C@H](CCc1ccccc1)NC(=O)COc1ccccc1C(=O)NCc1ccccc1. The molecule has 0 aliphatic heterocycles. The fraction of sp³-hybridized carbons (Fsp3) is 0.231. The zero-order valence-electron chi connectivity index (χ0n) is 17.7. The van der Waals surface area contributed by atoms with Crippen LogP contribution in [0.15, 0.2) is 84.9 Å². The summed E-state index contributed by atoms with van der Waals surface area (Å²) < 4.78 is 5.66. The minimum atomic E-state index is -0.240. The second kappa shape index (κ2) is 11.6. The molecule has 0 aliphatic carbocycles. The van der Waals surface area contributed by atoms with Crippen LogP contribution in [0.2, 0.25) is 0 Å². The summed E-state index contributed by atoms with van der Waals surface area (Å²) >= 11 is 0. The van der Waals surface area contributed by atoms with Crippen molar-refractivity contribution >= 4 is 11.8 Å². The lowest BCUT2D eigenvalue weighted by molar-refractivity contribution is -0.123. The summed E-state index contributed by atoms with van der Waals surface area (Å²) in [6, 6.07) is 26.8. The van der Waals surface area contributed by atoms with Gasteiger partial charge in [0.05, 0.1) is 5.56 Å². The molecule has 3 aromatic rings. The number of aryl methyl sites for hydroxylation is 1. The minimum absolute atomic E-state index is 0.0284. The van der Waals surface area contributed by atoms with Crippen molar-refractivity contribution in [3.63, 3.8) is 0 Å². The van der Waals surface area contributed by atoms with Gasteiger partial charge in [-0.05, 0) is 43.0 Å². The fourth-order valence-electron chi connectivity index (χ4n) is 3.21. The molecule has 1 atom stereocenters. The lowest BCUT2D eigenvalue weighted by Gasteiger charge is -2.15. The van der Waals surface area contributed by atoms with E-state index in [1.807, 2.05) is 55.5 Å². The van der Waals surface area contributed by atoms with E-state index in [0.29, 0.717) is 17.9 Å². The van der Waals surface area contributed by atoms with Gasteiger partial charge in [-0.15, -0.1) is 0 Å². The Morgan fingerprint density at radius 2 is 1.45 bits per heavy atom. The molecule has 0 aromatic heterocycles. The molecular weight excluding hydrogens is 388 g/mol. The van der Waals surface area contributed by atoms with Gasteiger partial charge in [0, 0.05) is 12.6 Å². The number of amides is 2. The number of nitrogens with one attached hydrogen (secondary N) is 2. The zero-order chi connectivity index (χ0) is 21.9. The molecular formula is C26H28N2O3. The number of hydrogen-bond acceptors (Lipinski definition) is 3. The number of carbonyl (C=O) groups excluding carboxylic acids is 2. The van der Waals surface area contributed by atoms with Crippen molar-refractivity contribution in [1.82, 2.24) is 10.6 Å². The van der Waals surface area contributed by atoms with Crippen molar-refractivity contribution in [2.24, 2.45) is 0 Å². The van der Waals surface area contributed by atoms with Crippen LogP contribution in [0.5, 0.6) is 5.75 Å². The largest absolute Gasteiger partial charge is 0.483 e. The summed E-state index contributed by atoms with van der Waals surface area (Å²) in [4.78, 5) is 24.9. The van der Waals surface area contributed by atoms with Crippen LogP contribution in [0, 0.1) is 0 Å². The van der Waals surface area contributed by atoms with Crippen LogP contribution in [0.1, 0.15) is 34.8 Å². The molecule has 0 bridgehead atoms. The molecule has 0 saturated carbocycles. The van der Waals surface area contributed by atoms with Gasteiger partial charge >= 0.3 is 0 Å². The first-order chi connectivity index (χ1) is 15.1. The Morgan fingerprint density at radius 3 is 2.16 bits per heavy atom. The Labute approximate surface area is 183 Å². The molecule has 5 heteroatoms. The molecule has 3 rings (SSSR count). The molecule has 5 nitrogen and oxygen atoms in total. The molecule has 3 aromatic carbocycles. The minimum Gasteiger partial charge on any atom is -0.483 e. The molecule has 160 valence electrons. The molecule has 0 aliphatic rings. The number of hydrogen-bond donors (Lipinski definition) is 2. The molecule has 0 saturated heterocycles. The highest BCUT2D eigenvalue weighted by Gasteiger charge is 2.14. The van der Waals surface area contributed by atoms with Crippen molar-refractivity contribution in [3.8, 4) is 5.75 Å². The van der Waals surface area contributed by atoms with E-state index in [1.165, 1.54) is 5.56 Å². The van der Waals surface area contributed by atoms with E-state index in [1.54, 1.807) is 24.3 Å². The maximum atomic E-state index is 12.6. The highest BCUT2D eigenvalue weighted by atomic mass is 16.5. The molecule has 31 heavy (non-hydrogen) atoms. The first kappa shape index (κ1) is 22.1. The van der Waals surface area contributed by atoms with E-state index in [-0.39, 0.29) is 24.5 Å². The Balaban J connectivity index is 1.47. The fourth-order valence-corrected chi connectivity index (χ4v) is 3.21. The second-order valence-electron chi connectivity index (χ2n) is 7.45. The molecule has 0 heterocycles. The molecule has 2 N–H and O–H groups in total. The Morgan fingerprint density at radius 1 is 0.839 bits per heavy atom. The Hall–Kier alpha value is -3.60. The van der Waals surface area contributed by atoms with E-state index in [2.05, 4.69) is 22.8 Å². The standard InChI is InChI=1S/C26H28N2O3/c1-20(16-17-21-10-4-2-5-11-21)28-25(29)19-31-24-15-9-8-14-23(24)26(30)27-18-22-12-6-3-7-13-22/h2-15,20H,16-19H2,1H3,(H,27,30)(H,28,29)/t20-/m1/s1. The summed E-state index contributed by atoms with van der Waals surface area (Å²) in [5, 5.41) is 5.84. The highest BCUT2D eigenvalue weighted by molar-refractivity contribution is 5.97. The summed E-state index contributed by atoms with van der Waals surface area (Å²) in [5.74, 6) is -0.0590. The third-order valence-corrected chi connectivity index (χ3v) is 4.90. The van der Waals surface area contributed by atoms with Gasteiger partial charge in [-0.2, -0.15) is 0 Å². The number of para-hydroxylation sites is 1. The third-order valence-electron chi connectivity index (χ3n) is 4.90. The summed E-state index contributed by atoms with van der Waals surface area (Å²) in [6.45, 7) is 2.26. The van der Waals surface area contributed by atoms with E-state index in [4.69, 9.17) is 4.74 Å². The Kier molecular flexibility index (Phi) is 8.23. The van der Waals surface area contributed by atoms with Crippen molar-refractivity contribution in [3.05, 3.63) is 102 Å². The maximum absolute atomic E-state index is 12.6. The monoisotopic (exact) mass is 416 g/mol. The van der Waals surface area contributed by atoms with Gasteiger partial charge in [0.1, 0.15) is 5.75 Å². The first-order valence-corrected chi connectivity index (χ1v) is 10.5. The topological polar surface area (TPSA) is 67.4 Å². The average molecular weight is 417 g/mol. The van der Waals surface area contributed by atoms with Gasteiger partial charge in [-0.1, -0.05) is 72.8 Å². The number of ether oxygens (including phenoxy) is 1. The van der Waals surface area contributed by atoms with Gasteiger partial charge in [0.15, 0.2) is 6.61 Å². The van der Waals surface area contributed by atoms with Crippen LogP contribution in [0.25, 0.3) is 0 Å². The van der Waals surface area contributed by atoms with Gasteiger partial charge in [0.25, 0.3) is 11.8 Å². The van der Waals surface area contributed by atoms with Crippen LogP contribution in [0.4, 0.5) is 0 Å². The Bertz CT molecular complexity index is 974. The van der Waals surface area contributed by atoms with Crippen molar-refractivity contribution in [2.75, 3.05) is 6.61 Å². The van der Waals surface area contributed by atoms with Gasteiger partial charge < -0.3 is 15.4 Å². The molecule has 0 unspecified atom stereocenters. The summed E-state index contributed by atoms with van der Waals surface area (Å²) in [5.41, 5.74) is 2.66. The molecule has 2 amide bonds. The normalized spacial score (nSPS) is 11.4. The quantitative estimate of drug-likeness (QED) is 0.522. The highest BCUT2D eigenvalue weighted by Crippen LogP contribution is 2.18. The van der Waals surface area contributed by atoms with E-state index in [9.17, 15) is 9.59 Å². The maximum Gasteiger partial charge on any atom is 0.258 e. The lowest BCUT2D eigenvalue weighted by Crippen LogP contribution is -2.36. The van der Waals surface area contributed by atoms with Crippen molar-refractivity contribution < 1.29 is 14.3 Å². The number of benzene rings is 3. The molecule has 0 spiro atoms. The third kappa shape index (κ3) is 7.30. The van der Waals surface area contributed by atoms with Crippen LogP contribution in [-0.4, -0.2) is 24.5 Å². The van der Waals surface area contributed by atoms with Gasteiger partial charge in [0.2, 0.25) is 0 Å². The molecule has 0 radical (unpaired) electrons. The average Bonchev–Trinajstić information content (AvgIpc) is 2.81. The lowest BCUT2D eigenvalue weighted by atomic mass is 10.1. The molecule has 0 fully saturated rings. The van der Waals surface area contributed by atoms with Crippen molar-refractivity contribution in [1.29, 1.82) is 0 Å².